The molecule has 1 amide bonds. The highest BCUT2D eigenvalue weighted by atomic mass is 79.9. The van der Waals surface area contributed by atoms with E-state index >= 15 is 0 Å². The second-order valence-corrected chi connectivity index (χ2v) is 4.80. The summed E-state index contributed by atoms with van der Waals surface area (Å²) in [5.41, 5.74) is 0.594. The van der Waals surface area contributed by atoms with Crippen molar-refractivity contribution in [2.24, 2.45) is 0 Å². The van der Waals surface area contributed by atoms with E-state index in [-0.39, 0.29) is 11.7 Å². The van der Waals surface area contributed by atoms with E-state index in [9.17, 15) is 4.79 Å². The number of nitrogens with one attached hydrogen (secondary N) is 2. The van der Waals surface area contributed by atoms with Crippen LogP contribution in [0.5, 0.6) is 0 Å². The first-order valence-corrected chi connectivity index (χ1v) is 6.45. The first kappa shape index (κ1) is 13.0. The van der Waals surface area contributed by atoms with Crippen molar-refractivity contribution in [1.29, 1.82) is 0 Å². The Kier molecular flexibility index (Phi) is 3.98. The van der Waals surface area contributed by atoms with Crippen molar-refractivity contribution < 1.29 is 4.79 Å². The molecule has 1 aromatic carbocycles. The van der Waals surface area contributed by atoms with Crippen LogP contribution in [-0.4, -0.2) is 21.1 Å². The molecule has 94 valence electrons. The van der Waals surface area contributed by atoms with Crippen molar-refractivity contribution in [1.82, 2.24) is 15.2 Å². The third kappa shape index (κ3) is 2.88. The van der Waals surface area contributed by atoms with Gasteiger partial charge in [-0.2, -0.15) is 0 Å². The molecule has 2 aromatic rings. The van der Waals surface area contributed by atoms with Gasteiger partial charge in [0.1, 0.15) is 5.82 Å². The van der Waals surface area contributed by atoms with Crippen molar-refractivity contribution in [3.8, 4) is 0 Å². The molecule has 0 unspecified atom stereocenters. The molecule has 5 nitrogen and oxygen atoms in total. The van der Waals surface area contributed by atoms with Crippen molar-refractivity contribution in [3.05, 3.63) is 39.3 Å². The molecule has 0 atom stereocenters. The molecule has 1 aromatic heterocycles. The lowest BCUT2D eigenvalue weighted by molar-refractivity contribution is 0.101. The summed E-state index contributed by atoms with van der Waals surface area (Å²) in [6.07, 6.45) is 0.699. The van der Waals surface area contributed by atoms with Gasteiger partial charge in [0, 0.05) is 16.6 Å². The SMILES string of the molecule is CCc1nc(C(=O)Nc2ccc(Br)c(Cl)c2)n[nH]1. The number of nitrogens with zero attached hydrogens (tertiary/aromatic N) is 2. The Labute approximate surface area is 117 Å². The van der Waals surface area contributed by atoms with Gasteiger partial charge in [-0.25, -0.2) is 4.98 Å². The van der Waals surface area contributed by atoms with E-state index in [0.29, 0.717) is 23.0 Å². The minimum Gasteiger partial charge on any atom is -0.319 e. The molecule has 0 aliphatic rings. The van der Waals surface area contributed by atoms with E-state index < -0.39 is 0 Å². The van der Waals surface area contributed by atoms with Crippen LogP contribution in [0.4, 0.5) is 5.69 Å². The second-order valence-electron chi connectivity index (χ2n) is 3.54. The Hall–Kier alpha value is -1.40. The average molecular weight is 330 g/mol. The first-order valence-electron chi connectivity index (χ1n) is 5.28. The fourth-order valence-corrected chi connectivity index (χ4v) is 1.74. The van der Waals surface area contributed by atoms with Crippen molar-refractivity contribution in [2.45, 2.75) is 13.3 Å². The summed E-state index contributed by atoms with van der Waals surface area (Å²) in [5.74, 6) is 0.421. The van der Waals surface area contributed by atoms with Crippen LogP contribution in [0.2, 0.25) is 5.02 Å². The molecule has 0 saturated carbocycles. The zero-order chi connectivity index (χ0) is 13.1. The lowest BCUT2D eigenvalue weighted by atomic mass is 10.3. The number of aromatic nitrogens is 3. The summed E-state index contributed by atoms with van der Waals surface area (Å²) >= 11 is 9.21. The number of carbonyl (C=O) groups is 1. The molecule has 0 aliphatic carbocycles. The maximum absolute atomic E-state index is 11.8. The van der Waals surface area contributed by atoms with Crippen LogP contribution in [0.15, 0.2) is 22.7 Å². The number of halogens is 2. The van der Waals surface area contributed by atoms with E-state index in [1.807, 2.05) is 6.92 Å². The minimum absolute atomic E-state index is 0.117. The number of amides is 1. The predicted molar refractivity (Wildman–Crippen MR) is 72.9 cm³/mol. The number of hydrogen-bond acceptors (Lipinski definition) is 3. The Morgan fingerprint density at radius 3 is 2.94 bits per heavy atom. The van der Waals surface area contributed by atoms with Gasteiger partial charge in [0.05, 0.1) is 5.02 Å². The summed E-state index contributed by atoms with van der Waals surface area (Å²) in [4.78, 5) is 15.9. The minimum atomic E-state index is -0.371. The highest BCUT2D eigenvalue weighted by Gasteiger charge is 2.12. The second kappa shape index (κ2) is 5.49. The number of aryl methyl sites for hydroxylation is 1. The first-order chi connectivity index (χ1) is 8.60. The van der Waals surface area contributed by atoms with Crippen LogP contribution in [0.25, 0.3) is 0 Å². The number of benzene rings is 1. The summed E-state index contributed by atoms with van der Waals surface area (Å²) in [6.45, 7) is 1.93. The molecule has 7 heteroatoms. The Balaban J connectivity index is 2.13. The predicted octanol–water partition coefficient (Wildman–Crippen LogP) is 3.04. The summed E-state index contributed by atoms with van der Waals surface area (Å²) in [7, 11) is 0. The van der Waals surface area contributed by atoms with Crippen LogP contribution in [-0.2, 0) is 6.42 Å². The van der Waals surface area contributed by atoms with Crippen LogP contribution in [0.3, 0.4) is 0 Å². The van der Waals surface area contributed by atoms with Crippen LogP contribution in [0.1, 0.15) is 23.4 Å². The third-order valence-corrected chi connectivity index (χ3v) is 3.48. The fourth-order valence-electron chi connectivity index (χ4n) is 1.32. The average Bonchev–Trinajstić information content (AvgIpc) is 2.82. The normalized spacial score (nSPS) is 10.4. The molecule has 0 bridgehead atoms. The van der Waals surface area contributed by atoms with Crippen molar-refractivity contribution in [2.75, 3.05) is 5.32 Å². The monoisotopic (exact) mass is 328 g/mol. The van der Waals surface area contributed by atoms with Gasteiger partial charge in [-0.3, -0.25) is 9.89 Å². The molecule has 0 saturated heterocycles. The quantitative estimate of drug-likeness (QED) is 0.909. The maximum atomic E-state index is 11.8. The number of hydrogen-bond donors (Lipinski definition) is 2. The van der Waals surface area contributed by atoms with Gasteiger partial charge >= 0.3 is 0 Å². The Morgan fingerprint density at radius 1 is 1.56 bits per heavy atom. The number of aromatic amines is 1. The van der Waals surface area contributed by atoms with E-state index in [2.05, 4.69) is 36.4 Å². The van der Waals surface area contributed by atoms with E-state index in [0.717, 1.165) is 4.47 Å². The zero-order valence-electron chi connectivity index (χ0n) is 9.50. The van der Waals surface area contributed by atoms with Gasteiger partial charge in [0.15, 0.2) is 0 Å². The Bertz CT molecular complexity index is 584. The molecule has 2 rings (SSSR count). The van der Waals surface area contributed by atoms with E-state index in [4.69, 9.17) is 11.6 Å². The zero-order valence-corrected chi connectivity index (χ0v) is 11.8. The topological polar surface area (TPSA) is 70.7 Å². The number of carbonyl (C=O) groups excluding carboxylic acids is 1. The molecule has 2 N–H and O–H groups in total. The van der Waals surface area contributed by atoms with Gasteiger partial charge in [-0.1, -0.05) is 18.5 Å². The standard InChI is InChI=1S/C11H10BrClN4O/c1-2-9-15-10(17-16-9)11(18)14-6-3-4-7(12)8(13)5-6/h3-5H,2H2,1H3,(H,14,18)(H,15,16,17). The van der Waals surface area contributed by atoms with Crippen molar-refractivity contribution in [3.63, 3.8) is 0 Å². The number of rotatable bonds is 3. The molecule has 1 heterocycles. The largest absolute Gasteiger partial charge is 0.319 e. The van der Waals surface area contributed by atoms with E-state index in [1.165, 1.54) is 0 Å². The Morgan fingerprint density at radius 2 is 2.33 bits per heavy atom. The van der Waals surface area contributed by atoms with Crippen LogP contribution < -0.4 is 5.32 Å². The molecule has 0 radical (unpaired) electrons. The van der Waals surface area contributed by atoms with Gasteiger partial charge in [0.25, 0.3) is 5.91 Å². The lowest BCUT2D eigenvalue weighted by Gasteiger charge is -2.03. The lowest BCUT2D eigenvalue weighted by Crippen LogP contribution is -2.13. The van der Waals surface area contributed by atoms with Gasteiger partial charge < -0.3 is 5.32 Å². The van der Waals surface area contributed by atoms with Gasteiger partial charge in [-0.05, 0) is 34.1 Å². The van der Waals surface area contributed by atoms with Crippen LogP contribution in [0, 0.1) is 0 Å². The molecule has 18 heavy (non-hydrogen) atoms. The highest BCUT2D eigenvalue weighted by Crippen LogP contribution is 2.25. The maximum Gasteiger partial charge on any atom is 0.295 e. The van der Waals surface area contributed by atoms with Gasteiger partial charge in [-0.15, -0.1) is 5.10 Å². The van der Waals surface area contributed by atoms with Crippen LogP contribution >= 0.6 is 27.5 Å². The third-order valence-electron chi connectivity index (χ3n) is 2.25. The number of H-pyrrole nitrogens is 1. The molecule has 0 aliphatic heterocycles. The molecule has 0 spiro atoms. The van der Waals surface area contributed by atoms with Gasteiger partial charge in [0.2, 0.25) is 5.82 Å². The summed E-state index contributed by atoms with van der Waals surface area (Å²) in [6, 6.07) is 5.14. The van der Waals surface area contributed by atoms with Crippen molar-refractivity contribution >= 4 is 39.1 Å². The molecule has 0 fully saturated rings. The smallest absolute Gasteiger partial charge is 0.295 e. The number of anilines is 1. The highest BCUT2D eigenvalue weighted by molar-refractivity contribution is 9.10. The fraction of sp³-hybridized carbons (Fsp3) is 0.182. The molecular formula is C11H10BrClN4O. The van der Waals surface area contributed by atoms with E-state index in [1.54, 1.807) is 18.2 Å². The summed E-state index contributed by atoms with van der Waals surface area (Å²) < 4.78 is 0.772. The molecular weight excluding hydrogens is 320 g/mol. The summed E-state index contributed by atoms with van der Waals surface area (Å²) in [5, 5.41) is 9.72.